The second-order valence-corrected chi connectivity index (χ2v) is 13.1. The van der Waals surface area contributed by atoms with Crippen LogP contribution in [0.3, 0.4) is 0 Å². The van der Waals surface area contributed by atoms with Crippen molar-refractivity contribution >= 4 is 33.5 Å². The third-order valence-electron chi connectivity index (χ3n) is 8.03. The van der Waals surface area contributed by atoms with Crippen molar-refractivity contribution in [2.75, 3.05) is 45.8 Å². The van der Waals surface area contributed by atoms with Crippen LogP contribution in [-0.2, 0) is 30.8 Å². The number of anilines is 1. The Labute approximate surface area is 259 Å². The fraction of sp³-hybridized carbons (Fsp3) is 0.516. The highest BCUT2D eigenvalue weighted by Gasteiger charge is 2.28. The van der Waals surface area contributed by atoms with Gasteiger partial charge < -0.3 is 25.3 Å². The molecule has 13 heteroatoms. The summed E-state index contributed by atoms with van der Waals surface area (Å²) in [7, 11) is -0.702. The van der Waals surface area contributed by atoms with Gasteiger partial charge in [0.1, 0.15) is 6.04 Å². The molecule has 4 N–H and O–H groups in total. The molecular formula is C31H43N5O7S. The van der Waals surface area contributed by atoms with Crippen molar-refractivity contribution in [3.63, 3.8) is 0 Å². The number of nitrogens with two attached hydrogens (primary N) is 1. The first-order chi connectivity index (χ1) is 21.1. The highest BCUT2D eigenvalue weighted by molar-refractivity contribution is 7.89. The van der Waals surface area contributed by atoms with Crippen molar-refractivity contribution in [1.82, 2.24) is 9.62 Å². The molecule has 1 aliphatic heterocycles. The maximum Gasteiger partial charge on any atom is 0.249 e. The lowest BCUT2D eigenvalue weighted by Gasteiger charge is -2.26. The van der Waals surface area contributed by atoms with Gasteiger partial charge in [0.05, 0.1) is 38.7 Å². The molecule has 2 fully saturated rings. The molecular weight excluding hydrogens is 586 g/mol. The number of ether oxygens (including phenoxy) is 3. The van der Waals surface area contributed by atoms with Crippen LogP contribution in [-0.4, -0.2) is 77.1 Å². The maximum absolute atomic E-state index is 13.7. The minimum absolute atomic E-state index is 0.0136. The number of amides is 2. The molecule has 0 spiro atoms. The molecule has 0 bridgehead atoms. The van der Waals surface area contributed by atoms with Crippen LogP contribution in [0.4, 0.5) is 5.69 Å². The Morgan fingerprint density at radius 3 is 2.43 bits per heavy atom. The van der Waals surface area contributed by atoms with Crippen LogP contribution in [0.25, 0.3) is 0 Å². The van der Waals surface area contributed by atoms with Gasteiger partial charge in [0.25, 0.3) is 0 Å². The number of sulfonamides is 1. The van der Waals surface area contributed by atoms with E-state index in [9.17, 15) is 18.0 Å². The number of rotatable bonds is 11. The molecule has 1 aliphatic carbocycles. The number of guanidine groups is 1. The zero-order valence-corrected chi connectivity index (χ0v) is 26.5. The maximum atomic E-state index is 13.7. The van der Waals surface area contributed by atoms with E-state index in [0.717, 1.165) is 32.1 Å². The molecule has 1 atom stereocenters. The number of carbonyl (C=O) groups is 2. The fourth-order valence-corrected chi connectivity index (χ4v) is 7.00. The van der Waals surface area contributed by atoms with Crippen LogP contribution in [0, 0.1) is 12.8 Å². The molecule has 240 valence electrons. The fourth-order valence-electron chi connectivity index (χ4n) is 5.57. The van der Waals surface area contributed by atoms with Crippen molar-refractivity contribution in [2.45, 2.75) is 62.8 Å². The van der Waals surface area contributed by atoms with Crippen molar-refractivity contribution < 1.29 is 32.2 Å². The number of nitrogens with one attached hydrogen (secondary N) is 2. The van der Waals surface area contributed by atoms with Crippen LogP contribution in [0.1, 0.15) is 49.7 Å². The van der Waals surface area contributed by atoms with Gasteiger partial charge in [0.15, 0.2) is 17.5 Å². The summed E-state index contributed by atoms with van der Waals surface area (Å²) in [4.78, 5) is 31.0. The van der Waals surface area contributed by atoms with Crippen LogP contribution < -0.4 is 25.8 Å². The first kappa shape index (κ1) is 33.2. The number of aryl methyl sites for hydroxylation is 1. The molecule has 0 aromatic heterocycles. The van der Waals surface area contributed by atoms with Gasteiger partial charge in [-0.2, -0.15) is 4.31 Å². The van der Waals surface area contributed by atoms with Gasteiger partial charge in [-0.3, -0.25) is 14.9 Å². The van der Waals surface area contributed by atoms with Crippen molar-refractivity contribution in [3.8, 4) is 11.5 Å². The molecule has 1 saturated heterocycles. The first-order valence-corrected chi connectivity index (χ1v) is 16.4. The number of aliphatic imine (C=N–C) groups is 1. The van der Waals surface area contributed by atoms with E-state index in [0.29, 0.717) is 47.9 Å². The number of carbonyl (C=O) groups excluding carboxylic acids is 2. The summed E-state index contributed by atoms with van der Waals surface area (Å²) in [5.41, 5.74) is 7.93. The van der Waals surface area contributed by atoms with E-state index in [4.69, 9.17) is 19.9 Å². The number of methoxy groups -OCH3 is 2. The normalized spacial score (nSPS) is 17.5. The summed E-state index contributed by atoms with van der Waals surface area (Å²) in [6.07, 6.45) is 5.77. The second kappa shape index (κ2) is 15.4. The largest absolute Gasteiger partial charge is 0.493 e. The Balaban J connectivity index is 1.50. The van der Waals surface area contributed by atoms with Crippen LogP contribution in [0.15, 0.2) is 46.3 Å². The lowest BCUT2D eigenvalue weighted by molar-refractivity contribution is -0.119. The quantitative estimate of drug-likeness (QED) is 0.253. The summed E-state index contributed by atoms with van der Waals surface area (Å²) in [6, 6.07) is 8.99. The average molecular weight is 630 g/mol. The van der Waals surface area contributed by atoms with Gasteiger partial charge in [0, 0.05) is 18.8 Å². The molecule has 2 aliphatic rings. The van der Waals surface area contributed by atoms with Crippen molar-refractivity contribution in [3.05, 3.63) is 47.5 Å². The van der Waals surface area contributed by atoms with E-state index in [2.05, 4.69) is 15.6 Å². The van der Waals surface area contributed by atoms with E-state index in [1.165, 1.54) is 24.6 Å². The third-order valence-corrected chi connectivity index (χ3v) is 9.93. The number of morpholine rings is 1. The Bertz CT molecular complexity index is 1450. The van der Waals surface area contributed by atoms with E-state index in [1.807, 2.05) is 0 Å². The summed E-state index contributed by atoms with van der Waals surface area (Å²) >= 11 is 0. The van der Waals surface area contributed by atoms with E-state index >= 15 is 0 Å². The Morgan fingerprint density at radius 2 is 1.75 bits per heavy atom. The number of nitrogens with zero attached hydrogens (tertiary/aromatic N) is 2. The molecule has 44 heavy (non-hydrogen) atoms. The molecule has 4 rings (SSSR count). The van der Waals surface area contributed by atoms with Gasteiger partial charge in [-0.05, 0) is 54.7 Å². The summed E-state index contributed by atoms with van der Waals surface area (Å²) in [5, 5.41) is 5.49. The van der Waals surface area contributed by atoms with E-state index in [-0.39, 0.29) is 36.3 Å². The minimum Gasteiger partial charge on any atom is -0.493 e. The van der Waals surface area contributed by atoms with Crippen LogP contribution in [0.5, 0.6) is 11.5 Å². The Morgan fingerprint density at radius 1 is 1.05 bits per heavy atom. The lowest BCUT2D eigenvalue weighted by Crippen LogP contribution is -2.41. The van der Waals surface area contributed by atoms with Gasteiger partial charge in [-0.1, -0.05) is 44.2 Å². The molecule has 2 amide bonds. The van der Waals surface area contributed by atoms with Gasteiger partial charge in [-0.15, -0.1) is 0 Å². The van der Waals surface area contributed by atoms with E-state index < -0.39 is 27.9 Å². The highest BCUT2D eigenvalue weighted by Crippen LogP contribution is 2.30. The predicted octanol–water partition coefficient (Wildman–Crippen LogP) is 2.98. The van der Waals surface area contributed by atoms with Crippen LogP contribution in [0.2, 0.25) is 0 Å². The number of benzene rings is 2. The molecule has 1 heterocycles. The third kappa shape index (κ3) is 8.70. The molecule has 12 nitrogen and oxygen atoms in total. The molecule has 1 saturated carbocycles. The predicted molar refractivity (Wildman–Crippen MR) is 167 cm³/mol. The Kier molecular flexibility index (Phi) is 11.6. The van der Waals surface area contributed by atoms with Crippen molar-refractivity contribution in [2.24, 2.45) is 16.6 Å². The number of hydrogen-bond donors (Lipinski definition) is 3. The lowest BCUT2D eigenvalue weighted by atomic mass is 9.84. The minimum atomic E-state index is -3.75. The smallest absolute Gasteiger partial charge is 0.249 e. The molecule has 0 unspecified atom stereocenters. The molecule has 2 aromatic rings. The first-order valence-electron chi connectivity index (χ1n) is 14.9. The average Bonchev–Trinajstić information content (AvgIpc) is 3.02. The van der Waals surface area contributed by atoms with Gasteiger partial charge >= 0.3 is 0 Å². The highest BCUT2D eigenvalue weighted by atomic mass is 32.2. The molecule has 2 aromatic carbocycles. The topological polar surface area (TPSA) is 162 Å². The monoisotopic (exact) mass is 629 g/mol. The van der Waals surface area contributed by atoms with E-state index in [1.54, 1.807) is 37.3 Å². The zero-order valence-electron chi connectivity index (χ0n) is 25.6. The van der Waals surface area contributed by atoms with Gasteiger partial charge in [0.2, 0.25) is 21.8 Å². The zero-order chi connectivity index (χ0) is 31.7. The molecule has 0 radical (unpaired) electrons. The van der Waals surface area contributed by atoms with Crippen LogP contribution >= 0.6 is 0 Å². The number of hydrogen-bond acceptors (Lipinski definition) is 8. The second-order valence-electron chi connectivity index (χ2n) is 11.2. The summed E-state index contributed by atoms with van der Waals surface area (Å²) in [6.45, 7) is 3.01. The van der Waals surface area contributed by atoms with Gasteiger partial charge in [-0.25, -0.2) is 13.4 Å². The Hall–Kier alpha value is -3.68. The summed E-state index contributed by atoms with van der Waals surface area (Å²) < 4.78 is 43.7. The standard InChI is InChI=1S/C31H43N5O7S/c1-21-9-11-24(44(39,40)36-13-15-43-16-14-36)20-25(21)33-30(38)26(17-22-7-5-4-6-8-22)34-31(32)35-29(37)19-23-10-12-27(41-2)28(18-23)42-3/h9-12,18,20,22,26H,4-8,13-17,19H2,1-3H3,(H,33,38)(H3,32,34,35,37)/t26-/m1/s1. The SMILES string of the molecule is COc1ccc(CC(=O)NC(N)=N[C@H](CC2CCCCC2)C(=O)Nc2cc(S(=O)(=O)N3CCOCC3)ccc2C)cc1OC. The van der Waals surface area contributed by atoms with Crippen molar-refractivity contribution in [1.29, 1.82) is 0 Å². The summed E-state index contributed by atoms with van der Waals surface area (Å²) in [5.74, 6) is 0.359.